The first-order valence-electron chi connectivity index (χ1n) is 6.43. The highest BCUT2D eigenvalue weighted by Gasteiger charge is 2.25. The van der Waals surface area contributed by atoms with E-state index in [1.165, 1.54) is 4.31 Å². The first-order valence-corrected chi connectivity index (χ1v) is 8.04. The van der Waals surface area contributed by atoms with Crippen LogP contribution in [0, 0.1) is 0 Å². The van der Waals surface area contributed by atoms with E-state index in [0.29, 0.717) is 32.5 Å². The molecule has 6 heteroatoms. The molecule has 1 heterocycles. The van der Waals surface area contributed by atoms with Gasteiger partial charge in [-0.15, -0.1) is 0 Å². The van der Waals surface area contributed by atoms with Crippen molar-refractivity contribution in [2.24, 2.45) is 0 Å². The number of fused-ring (bicyclic) bond motifs is 1. The van der Waals surface area contributed by atoms with Gasteiger partial charge in [0.25, 0.3) is 0 Å². The Morgan fingerprint density at radius 1 is 1.26 bits per heavy atom. The second kappa shape index (κ2) is 6.36. The summed E-state index contributed by atoms with van der Waals surface area (Å²) in [6, 6.07) is 7.50. The van der Waals surface area contributed by atoms with Gasteiger partial charge in [-0.1, -0.05) is 18.2 Å². The van der Waals surface area contributed by atoms with Crippen LogP contribution in [0.25, 0.3) is 0 Å². The second-order valence-electron chi connectivity index (χ2n) is 4.54. The molecule has 0 atom stereocenters. The Bertz CT molecular complexity index is 515. The highest BCUT2D eigenvalue weighted by molar-refractivity contribution is 7.89. The molecule has 2 rings (SSSR count). The highest BCUT2D eigenvalue weighted by Crippen LogP contribution is 2.24. The molecular formula is C13H19NO4S. The fraction of sp³-hybridized carbons (Fsp3) is 0.538. The highest BCUT2D eigenvalue weighted by atomic mass is 32.2. The van der Waals surface area contributed by atoms with Crippen molar-refractivity contribution in [1.82, 2.24) is 4.31 Å². The zero-order chi connectivity index (χ0) is 13.7. The maximum Gasteiger partial charge on any atom is 0.214 e. The van der Waals surface area contributed by atoms with Crippen LogP contribution in [-0.2, 0) is 16.6 Å². The van der Waals surface area contributed by atoms with E-state index in [-0.39, 0.29) is 12.4 Å². The molecule has 1 aromatic rings. The molecule has 106 valence electrons. The standard InChI is InChI=1S/C13H19NO4S/c15-8-3-4-10-19(16,17)14-7-9-18-13-6-2-1-5-12(13)11-14/h1-2,5-6,15H,3-4,7-11H2. The molecule has 1 aromatic carbocycles. The Kier molecular flexibility index (Phi) is 4.79. The third-order valence-electron chi connectivity index (χ3n) is 3.12. The van der Waals surface area contributed by atoms with Crippen molar-refractivity contribution in [2.75, 3.05) is 25.5 Å². The van der Waals surface area contributed by atoms with Gasteiger partial charge in [-0.05, 0) is 18.9 Å². The van der Waals surface area contributed by atoms with Crippen LogP contribution in [-0.4, -0.2) is 43.3 Å². The SMILES string of the molecule is O=S(=O)(CCCCO)N1CCOc2ccccc2C1. The number of hydrogen-bond donors (Lipinski definition) is 1. The van der Waals surface area contributed by atoms with Crippen molar-refractivity contribution in [2.45, 2.75) is 19.4 Å². The number of benzene rings is 1. The third kappa shape index (κ3) is 3.68. The summed E-state index contributed by atoms with van der Waals surface area (Å²) < 4.78 is 31.4. The van der Waals surface area contributed by atoms with Gasteiger partial charge in [0, 0.05) is 25.3 Å². The molecule has 0 aromatic heterocycles. The molecule has 0 aliphatic carbocycles. The second-order valence-corrected chi connectivity index (χ2v) is 6.62. The van der Waals surface area contributed by atoms with E-state index in [0.717, 1.165) is 11.3 Å². The molecule has 0 radical (unpaired) electrons. The topological polar surface area (TPSA) is 66.8 Å². The largest absolute Gasteiger partial charge is 0.492 e. The van der Waals surface area contributed by atoms with E-state index in [1.807, 2.05) is 24.3 Å². The predicted octanol–water partition coefficient (Wildman–Crippen LogP) is 0.983. The summed E-state index contributed by atoms with van der Waals surface area (Å²) in [5, 5.41) is 8.72. The van der Waals surface area contributed by atoms with Crippen molar-refractivity contribution in [3.05, 3.63) is 29.8 Å². The van der Waals surface area contributed by atoms with Crippen LogP contribution in [0.2, 0.25) is 0 Å². The molecule has 0 saturated carbocycles. The number of para-hydroxylation sites is 1. The van der Waals surface area contributed by atoms with Crippen molar-refractivity contribution in [1.29, 1.82) is 0 Å². The number of hydrogen-bond acceptors (Lipinski definition) is 4. The summed E-state index contributed by atoms with van der Waals surface area (Å²) in [6.45, 7) is 1.13. The maximum absolute atomic E-state index is 12.2. The van der Waals surface area contributed by atoms with Crippen LogP contribution in [0.5, 0.6) is 5.75 Å². The molecule has 1 aliphatic heterocycles. The van der Waals surface area contributed by atoms with Gasteiger partial charge in [-0.2, -0.15) is 4.31 Å². The Balaban J connectivity index is 2.09. The minimum absolute atomic E-state index is 0.0292. The third-order valence-corrected chi connectivity index (χ3v) is 5.02. The molecule has 0 bridgehead atoms. The van der Waals surface area contributed by atoms with E-state index >= 15 is 0 Å². The monoisotopic (exact) mass is 285 g/mol. The lowest BCUT2D eigenvalue weighted by atomic mass is 10.2. The number of rotatable bonds is 5. The van der Waals surface area contributed by atoms with Gasteiger partial charge in [0.05, 0.1) is 5.75 Å². The van der Waals surface area contributed by atoms with Crippen molar-refractivity contribution in [3.63, 3.8) is 0 Å². The molecule has 1 aliphatic rings. The number of nitrogens with zero attached hydrogens (tertiary/aromatic N) is 1. The van der Waals surface area contributed by atoms with Gasteiger partial charge in [-0.3, -0.25) is 0 Å². The summed E-state index contributed by atoms with van der Waals surface area (Å²) in [7, 11) is -3.28. The number of ether oxygens (including phenoxy) is 1. The normalized spacial score (nSPS) is 16.5. The summed E-state index contributed by atoms with van der Waals surface area (Å²) >= 11 is 0. The molecule has 1 N–H and O–H groups in total. The van der Waals surface area contributed by atoms with E-state index in [1.54, 1.807) is 0 Å². The van der Waals surface area contributed by atoms with Gasteiger partial charge < -0.3 is 9.84 Å². The average Bonchev–Trinajstić information content (AvgIpc) is 2.61. The van der Waals surface area contributed by atoms with E-state index in [4.69, 9.17) is 9.84 Å². The summed E-state index contributed by atoms with van der Waals surface area (Å²) in [5.74, 6) is 0.839. The first kappa shape index (κ1) is 14.3. The Labute approximate surface area is 113 Å². The summed E-state index contributed by atoms with van der Waals surface area (Å²) in [4.78, 5) is 0. The van der Waals surface area contributed by atoms with Crippen LogP contribution < -0.4 is 4.74 Å². The van der Waals surface area contributed by atoms with Crippen LogP contribution >= 0.6 is 0 Å². The lowest BCUT2D eigenvalue weighted by molar-refractivity contribution is 0.284. The molecule has 0 saturated heterocycles. The van der Waals surface area contributed by atoms with Crippen LogP contribution in [0.1, 0.15) is 18.4 Å². The Hall–Kier alpha value is -1.11. The first-order chi connectivity index (χ1) is 9.13. The van der Waals surface area contributed by atoms with Crippen LogP contribution in [0.4, 0.5) is 0 Å². The zero-order valence-electron chi connectivity index (χ0n) is 10.8. The molecule has 5 nitrogen and oxygen atoms in total. The van der Waals surface area contributed by atoms with Crippen LogP contribution in [0.3, 0.4) is 0 Å². The van der Waals surface area contributed by atoms with Gasteiger partial charge in [0.1, 0.15) is 12.4 Å². The van der Waals surface area contributed by atoms with Crippen molar-refractivity contribution >= 4 is 10.0 Å². The van der Waals surface area contributed by atoms with Crippen molar-refractivity contribution < 1.29 is 18.3 Å². The van der Waals surface area contributed by atoms with Crippen LogP contribution in [0.15, 0.2) is 24.3 Å². The lowest BCUT2D eigenvalue weighted by Gasteiger charge is -2.19. The minimum atomic E-state index is -3.28. The van der Waals surface area contributed by atoms with E-state index in [2.05, 4.69) is 0 Å². The summed E-state index contributed by atoms with van der Waals surface area (Å²) in [6.07, 6.45) is 0.998. The molecule has 0 amide bonds. The molecular weight excluding hydrogens is 266 g/mol. The van der Waals surface area contributed by atoms with Gasteiger partial charge in [0.15, 0.2) is 0 Å². The smallest absolute Gasteiger partial charge is 0.214 e. The minimum Gasteiger partial charge on any atom is -0.492 e. The molecule has 0 fully saturated rings. The van der Waals surface area contributed by atoms with E-state index < -0.39 is 10.0 Å². The number of sulfonamides is 1. The van der Waals surface area contributed by atoms with E-state index in [9.17, 15) is 8.42 Å². The summed E-state index contributed by atoms with van der Waals surface area (Å²) in [5.41, 5.74) is 0.894. The fourth-order valence-corrected chi connectivity index (χ4v) is 3.58. The fourth-order valence-electron chi connectivity index (χ4n) is 2.06. The Morgan fingerprint density at radius 2 is 2.05 bits per heavy atom. The van der Waals surface area contributed by atoms with Crippen molar-refractivity contribution in [3.8, 4) is 5.75 Å². The average molecular weight is 285 g/mol. The molecule has 19 heavy (non-hydrogen) atoms. The number of aliphatic hydroxyl groups is 1. The lowest BCUT2D eigenvalue weighted by Crippen LogP contribution is -2.34. The molecule has 0 unspecified atom stereocenters. The molecule has 0 spiro atoms. The number of aliphatic hydroxyl groups excluding tert-OH is 1. The maximum atomic E-state index is 12.2. The van der Waals surface area contributed by atoms with Gasteiger partial charge in [0.2, 0.25) is 10.0 Å². The Morgan fingerprint density at radius 3 is 2.84 bits per heavy atom. The van der Waals surface area contributed by atoms with Gasteiger partial charge in [-0.25, -0.2) is 8.42 Å². The predicted molar refractivity (Wildman–Crippen MR) is 72.5 cm³/mol. The number of unbranched alkanes of at least 4 members (excludes halogenated alkanes) is 1. The zero-order valence-corrected chi connectivity index (χ0v) is 11.6. The van der Waals surface area contributed by atoms with Gasteiger partial charge >= 0.3 is 0 Å². The quantitative estimate of drug-likeness (QED) is 0.819.